The van der Waals surface area contributed by atoms with E-state index in [4.69, 9.17) is 0 Å². The van der Waals surface area contributed by atoms with E-state index in [9.17, 15) is 4.39 Å². The Bertz CT molecular complexity index is 427. The molecule has 0 spiro atoms. The van der Waals surface area contributed by atoms with E-state index in [0.29, 0.717) is 17.4 Å². The topological polar surface area (TPSA) is 12.0 Å². The van der Waals surface area contributed by atoms with Crippen molar-refractivity contribution in [3.05, 3.63) is 35.6 Å². The molecular weight excluding hydrogens is 249 g/mol. The molecular formula is C18H28FN. The summed E-state index contributed by atoms with van der Waals surface area (Å²) < 4.78 is 13.4. The maximum atomic E-state index is 13.4. The normalized spacial score (nSPS) is 23.5. The van der Waals surface area contributed by atoms with Gasteiger partial charge in [-0.2, -0.15) is 0 Å². The molecule has 0 saturated heterocycles. The highest BCUT2D eigenvalue weighted by molar-refractivity contribution is 5.18. The predicted octanol–water partition coefficient (Wildman–Crippen LogP) is 4.56. The molecule has 2 atom stereocenters. The van der Waals surface area contributed by atoms with E-state index in [0.717, 1.165) is 18.5 Å². The first-order chi connectivity index (χ1) is 9.53. The number of likely N-dealkylation sites (N-methyl/N-ethyl adjacent to an activating group) is 1. The molecule has 2 rings (SSSR count). The van der Waals surface area contributed by atoms with E-state index in [1.165, 1.54) is 31.7 Å². The number of hydrogen-bond donors (Lipinski definition) is 1. The molecule has 0 bridgehead atoms. The summed E-state index contributed by atoms with van der Waals surface area (Å²) in [5.74, 6) is 0.556. The second kappa shape index (κ2) is 6.71. The molecule has 1 saturated carbocycles. The molecule has 112 valence electrons. The quantitative estimate of drug-likeness (QED) is 0.831. The molecule has 0 heterocycles. The standard InChI is InChI=1S/C18H28FN/c1-4-20-17(13-14-8-7-9-15(19)12-14)16-10-5-6-11-18(16,2)3/h7-9,12,16-17,20H,4-6,10-11,13H2,1-3H3. The van der Waals surface area contributed by atoms with Gasteiger partial charge in [-0.3, -0.25) is 0 Å². The fourth-order valence-electron chi connectivity index (χ4n) is 3.80. The Morgan fingerprint density at radius 1 is 1.35 bits per heavy atom. The van der Waals surface area contributed by atoms with Gasteiger partial charge in [-0.25, -0.2) is 4.39 Å². The van der Waals surface area contributed by atoms with Crippen LogP contribution in [0.1, 0.15) is 52.0 Å². The maximum Gasteiger partial charge on any atom is 0.123 e. The van der Waals surface area contributed by atoms with Crippen molar-refractivity contribution in [2.75, 3.05) is 6.54 Å². The number of nitrogens with one attached hydrogen (secondary N) is 1. The SMILES string of the molecule is CCNC(Cc1cccc(F)c1)C1CCCCC1(C)C. The van der Waals surface area contributed by atoms with Crippen LogP contribution in [0.4, 0.5) is 4.39 Å². The maximum absolute atomic E-state index is 13.4. The van der Waals surface area contributed by atoms with Gasteiger partial charge in [0, 0.05) is 6.04 Å². The highest BCUT2D eigenvalue weighted by Crippen LogP contribution is 2.42. The minimum atomic E-state index is -0.124. The number of rotatable bonds is 5. The van der Waals surface area contributed by atoms with Crippen LogP contribution in [-0.4, -0.2) is 12.6 Å². The summed E-state index contributed by atoms with van der Waals surface area (Å²) >= 11 is 0. The molecule has 2 unspecified atom stereocenters. The molecule has 1 aromatic carbocycles. The molecule has 1 aliphatic carbocycles. The third-order valence-corrected chi connectivity index (χ3v) is 4.89. The summed E-state index contributed by atoms with van der Waals surface area (Å²) in [6, 6.07) is 7.52. The van der Waals surface area contributed by atoms with Gasteiger partial charge in [0.05, 0.1) is 0 Å². The van der Waals surface area contributed by atoms with Gasteiger partial charge in [0.25, 0.3) is 0 Å². The van der Waals surface area contributed by atoms with Crippen LogP contribution in [0.25, 0.3) is 0 Å². The fourth-order valence-corrected chi connectivity index (χ4v) is 3.80. The summed E-state index contributed by atoms with van der Waals surface area (Å²) in [6.07, 6.45) is 6.21. The van der Waals surface area contributed by atoms with Gasteiger partial charge in [-0.15, -0.1) is 0 Å². The van der Waals surface area contributed by atoms with Crippen molar-refractivity contribution in [3.63, 3.8) is 0 Å². The Hall–Kier alpha value is -0.890. The van der Waals surface area contributed by atoms with Gasteiger partial charge < -0.3 is 5.32 Å². The van der Waals surface area contributed by atoms with Gasteiger partial charge in [-0.1, -0.05) is 45.7 Å². The zero-order valence-electron chi connectivity index (χ0n) is 13.1. The third-order valence-electron chi connectivity index (χ3n) is 4.89. The zero-order valence-corrected chi connectivity index (χ0v) is 13.1. The smallest absolute Gasteiger partial charge is 0.123 e. The van der Waals surface area contributed by atoms with Gasteiger partial charge in [0.2, 0.25) is 0 Å². The van der Waals surface area contributed by atoms with E-state index < -0.39 is 0 Å². The predicted molar refractivity (Wildman–Crippen MR) is 83.3 cm³/mol. The molecule has 1 aromatic rings. The van der Waals surface area contributed by atoms with Crippen LogP contribution in [0.15, 0.2) is 24.3 Å². The van der Waals surface area contributed by atoms with E-state index in [2.05, 4.69) is 26.1 Å². The molecule has 1 aliphatic rings. The van der Waals surface area contributed by atoms with Crippen molar-refractivity contribution in [2.24, 2.45) is 11.3 Å². The van der Waals surface area contributed by atoms with Gasteiger partial charge in [0.1, 0.15) is 5.82 Å². The van der Waals surface area contributed by atoms with Crippen molar-refractivity contribution in [1.82, 2.24) is 5.32 Å². The highest BCUT2D eigenvalue weighted by atomic mass is 19.1. The highest BCUT2D eigenvalue weighted by Gasteiger charge is 2.37. The summed E-state index contributed by atoms with van der Waals surface area (Å²) in [7, 11) is 0. The molecule has 2 heteroatoms. The molecule has 1 N–H and O–H groups in total. The first-order valence-corrected chi connectivity index (χ1v) is 8.01. The third kappa shape index (κ3) is 3.82. The van der Waals surface area contributed by atoms with E-state index in [1.54, 1.807) is 6.07 Å². The van der Waals surface area contributed by atoms with Gasteiger partial charge in [0.15, 0.2) is 0 Å². The van der Waals surface area contributed by atoms with Crippen LogP contribution in [-0.2, 0) is 6.42 Å². The van der Waals surface area contributed by atoms with Crippen LogP contribution in [0.2, 0.25) is 0 Å². The van der Waals surface area contributed by atoms with Gasteiger partial charge >= 0.3 is 0 Å². The summed E-state index contributed by atoms with van der Waals surface area (Å²) in [4.78, 5) is 0. The van der Waals surface area contributed by atoms with Crippen LogP contribution < -0.4 is 5.32 Å². The molecule has 0 aliphatic heterocycles. The van der Waals surface area contributed by atoms with E-state index in [-0.39, 0.29) is 5.82 Å². The Kier molecular flexibility index (Phi) is 5.20. The number of benzene rings is 1. The zero-order chi connectivity index (χ0) is 14.6. The average Bonchev–Trinajstić information content (AvgIpc) is 2.38. The second-order valence-corrected chi connectivity index (χ2v) is 6.84. The molecule has 20 heavy (non-hydrogen) atoms. The lowest BCUT2D eigenvalue weighted by atomic mass is 9.65. The van der Waals surface area contributed by atoms with Crippen molar-refractivity contribution in [3.8, 4) is 0 Å². The average molecular weight is 277 g/mol. The monoisotopic (exact) mass is 277 g/mol. The first kappa shape index (κ1) is 15.5. The Morgan fingerprint density at radius 3 is 2.80 bits per heavy atom. The summed E-state index contributed by atoms with van der Waals surface area (Å²) in [5, 5.41) is 3.65. The van der Waals surface area contributed by atoms with Crippen molar-refractivity contribution in [2.45, 2.75) is 58.9 Å². The van der Waals surface area contributed by atoms with E-state index >= 15 is 0 Å². The second-order valence-electron chi connectivity index (χ2n) is 6.84. The van der Waals surface area contributed by atoms with Crippen LogP contribution in [0, 0.1) is 17.2 Å². The van der Waals surface area contributed by atoms with Crippen molar-refractivity contribution in [1.29, 1.82) is 0 Å². The first-order valence-electron chi connectivity index (χ1n) is 8.01. The Morgan fingerprint density at radius 2 is 2.15 bits per heavy atom. The number of halogens is 1. The summed E-state index contributed by atoms with van der Waals surface area (Å²) in [6.45, 7) is 7.93. The molecule has 1 nitrogen and oxygen atoms in total. The Labute approximate surface area is 123 Å². The lowest BCUT2D eigenvalue weighted by Gasteiger charge is -2.43. The van der Waals surface area contributed by atoms with Gasteiger partial charge in [-0.05, 0) is 54.8 Å². The van der Waals surface area contributed by atoms with Crippen LogP contribution in [0.5, 0.6) is 0 Å². The van der Waals surface area contributed by atoms with Crippen molar-refractivity contribution >= 4 is 0 Å². The minimum absolute atomic E-state index is 0.124. The minimum Gasteiger partial charge on any atom is -0.314 e. The largest absolute Gasteiger partial charge is 0.314 e. The molecule has 1 fully saturated rings. The lowest BCUT2D eigenvalue weighted by Crippen LogP contribution is -2.46. The number of hydrogen-bond acceptors (Lipinski definition) is 1. The lowest BCUT2D eigenvalue weighted by molar-refractivity contribution is 0.0987. The van der Waals surface area contributed by atoms with Crippen molar-refractivity contribution < 1.29 is 4.39 Å². The van der Waals surface area contributed by atoms with Crippen LogP contribution >= 0.6 is 0 Å². The molecule has 0 aromatic heterocycles. The fraction of sp³-hybridized carbons (Fsp3) is 0.667. The van der Waals surface area contributed by atoms with E-state index in [1.807, 2.05) is 12.1 Å². The summed E-state index contributed by atoms with van der Waals surface area (Å²) in [5.41, 5.74) is 1.50. The van der Waals surface area contributed by atoms with Crippen LogP contribution in [0.3, 0.4) is 0 Å². The Balaban J connectivity index is 2.13. The molecule has 0 radical (unpaired) electrons. The molecule has 0 amide bonds.